The topological polar surface area (TPSA) is 107 Å². The van der Waals surface area contributed by atoms with Crippen LogP contribution in [0.15, 0.2) is 24.3 Å². The van der Waals surface area contributed by atoms with E-state index in [4.69, 9.17) is 10.5 Å². The predicted octanol–water partition coefficient (Wildman–Crippen LogP) is 3.86. The van der Waals surface area contributed by atoms with Crippen molar-refractivity contribution in [2.75, 3.05) is 11.1 Å². The summed E-state index contributed by atoms with van der Waals surface area (Å²) in [7, 11) is 0. The van der Waals surface area contributed by atoms with Crippen molar-refractivity contribution in [3.05, 3.63) is 46.1 Å². The first kappa shape index (κ1) is 19.3. The van der Waals surface area contributed by atoms with Crippen molar-refractivity contribution in [2.45, 2.75) is 45.6 Å². The number of fused-ring (bicyclic) bond motifs is 3. The summed E-state index contributed by atoms with van der Waals surface area (Å²) in [6, 6.07) is 6.58. The van der Waals surface area contributed by atoms with Gasteiger partial charge in [-0.3, -0.25) is 4.79 Å². The maximum atomic E-state index is 12.4. The number of nitrogens with two attached hydrogens (primary N) is 1. The molecule has 0 aliphatic heterocycles. The molecule has 3 N–H and O–H groups in total. The lowest BCUT2D eigenvalue weighted by Crippen LogP contribution is -2.10. The fourth-order valence-corrected chi connectivity index (χ4v) is 4.90. The zero-order chi connectivity index (χ0) is 20.4. The number of aryl methyl sites for hydroxylation is 2. The number of esters is 1. The number of nitrogens with zero attached hydrogens (tertiary/aromatic N) is 2. The number of ether oxygens (including phenoxy) is 1. The number of thiophene rings is 1. The van der Waals surface area contributed by atoms with Gasteiger partial charge in [0.15, 0.2) is 12.4 Å². The van der Waals surface area contributed by atoms with Crippen LogP contribution in [0.4, 0.5) is 11.5 Å². The molecule has 1 aliphatic carbocycles. The molecule has 0 unspecified atom stereocenters. The summed E-state index contributed by atoms with van der Waals surface area (Å²) in [4.78, 5) is 34.7. The van der Waals surface area contributed by atoms with Gasteiger partial charge in [0.25, 0.3) is 0 Å². The Bertz CT molecular complexity index is 1090. The van der Waals surface area contributed by atoms with E-state index in [1.807, 2.05) is 0 Å². The van der Waals surface area contributed by atoms with Crippen LogP contribution in [-0.2, 0) is 29.0 Å². The number of rotatable bonds is 4. The summed E-state index contributed by atoms with van der Waals surface area (Å²) in [5.74, 6) is 0.120. The van der Waals surface area contributed by atoms with Crippen molar-refractivity contribution < 1.29 is 14.3 Å². The molecule has 0 saturated heterocycles. The summed E-state index contributed by atoms with van der Waals surface area (Å²) >= 11 is 1.67. The summed E-state index contributed by atoms with van der Waals surface area (Å²) in [6.07, 6.45) is 5.66. The Morgan fingerprint density at radius 3 is 2.86 bits per heavy atom. The van der Waals surface area contributed by atoms with Gasteiger partial charge in [-0.25, -0.2) is 14.8 Å². The molecule has 150 valence electrons. The first-order valence-electron chi connectivity index (χ1n) is 9.62. The molecule has 3 aromatic rings. The number of carbonyl (C=O) groups excluding carboxylic acids is 2. The third-order valence-electron chi connectivity index (χ3n) is 4.89. The van der Waals surface area contributed by atoms with Crippen LogP contribution in [0.25, 0.3) is 10.2 Å². The minimum Gasteiger partial charge on any atom is -0.454 e. The second-order valence-electron chi connectivity index (χ2n) is 7.11. The number of nitrogens with one attached hydrogen (secondary N) is 1. The van der Waals surface area contributed by atoms with Crippen LogP contribution < -0.4 is 11.1 Å². The zero-order valence-corrected chi connectivity index (χ0v) is 17.0. The van der Waals surface area contributed by atoms with E-state index in [2.05, 4.69) is 15.3 Å². The van der Waals surface area contributed by atoms with Crippen molar-refractivity contribution >= 4 is 44.9 Å². The van der Waals surface area contributed by atoms with E-state index in [0.717, 1.165) is 29.5 Å². The first-order valence-corrected chi connectivity index (χ1v) is 10.4. The van der Waals surface area contributed by atoms with Gasteiger partial charge in [0.05, 0.1) is 10.9 Å². The van der Waals surface area contributed by atoms with Crippen molar-refractivity contribution in [3.8, 4) is 0 Å². The van der Waals surface area contributed by atoms with Gasteiger partial charge in [0.1, 0.15) is 10.6 Å². The smallest absolute Gasteiger partial charge is 0.338 e. The maximum absolute atomic E-state index is 12.4. The second kappa shape index (κ2) is 8.16. The van der Waals surface area contributed by atoms with E-state index < -0.39 is 5.97 Å². The number of aromatic nitrogens is 2. The SMILES string of the molecule is CC(=O)Nc1cccc(C(=O)OCc2nc(N)c3c4c(sc3n2)CCCCC4)c1. The van der Waals surface area contributed by atoms with Gasteiger partial charge in [-0.2, -0.15) is 0 Å². The van der Waals surface area contributed by atoms with Crippen LogP contribution in [0, 0.1) is 0 Å². The molecule has 1 aromatic carbocycles. The highest BCUT2D eigenvalue weighted by Gasteiger charge is 2.19. The number of hydrogen-bond acceptors (Lipinski definition) is 7. The van der Waals surface area contributed by atoms with Crippen molar-refractivity contribution in [1.29, 1.82) is 0 Å². The van der Waals surface area contributed by atoms with E-state index in [0.29, 0.717) is 22.9 Å². The number of anilines is 2. The van der Waals surface area contributed by atoms with Gasteiger partial charge in [-0.15, -0.1) is 11.3 Å². The number of carbonyl (C=O) groups is 2. The molecule has 8 heteroatoms. The zero-order valence-electron chi connectivity index (χ0n) is 16.2. The molecule has 1 aliphatic rings. The third-order valence-corrected chi connectivity index (χ3v) is 6.08. The summed E-state index contributed by atoms with van der Waals surface area (Å²) in [5.41, 5.74) is 8.40. The van der Waals surface area contributed by atoms with Crippen molar-refractivity contribution in [2.24, 2.45) is 0 Å². The van der Waals surface area contributed by atoms with Gasteiger partial charge < -0.3 is 15.8 Å². The number of nitrogen functional groups attached to an aromatic ring is 1. The average Bonchev–Trinajstić information content (AvgIpc) is 2.88. The molecule has 2 aromatic heterocycles. The van der Waals surface area contributed by atoms with E-state index >= 15 is 0 Å². The molecule has 0 spiro atoms. The molecule has 29 heavy (non-hydrogen) atoms. The maximum Gasteiger partial charge on any atom is 0.338 e. The summed E-state index contributed by atoms with van der Waals surface area (Å²) < 4.78 is 5.37. The molecular weight excluding hydrogens is 388 g/mol. The van der Waals surface area contributed by atoms with Gasteiger partial charge in [0, 0.05) is 17.5 Å². The Balaban J connectivity index is 1.51. The van der Waals surface area contributed by atoms with Gasteiger partial charge >= 0.3 is 5.97 Å². The molecule has 0 radical (unpaired) electrons. The molecule has 1 amide bonds. The number of hydrogen-bond donors (Lipinski definition) is 2. The van der Waals surface area contributed by atoms with Gasteiger partial charge in [-0.05, 0) is 49.4 Å². The van der Waals surface area contributed by atoms with Crippen molar-refractivity contribution in [3.63, 3.8) is 0 Å². The number of benzene rings is 1. The van der Waals surface area contributed by atoms with Crippen LogP contribution in [0.1, 0.15) is 52.8 Å². The number of amides is 1. The highest BCUT2D eigenvalue weighted by molar-refractivity contribution is 7.19. The lowest BCUT2D eigenvalue weighted by molar-refractivity contribution is -0.114. The molecule has 0 saturated carbocycles. The molecule has 0 bridgehead atoms. The Morgan fingerprint density at radius 1 is 1.21 bits per heavy atom. The van der Waals surface area contributed by atoms with Crippen LogP contribution in [0.5, 0.6) is 0 Å². The van der Waals surface area contributed by atoms with Crippen LogP contribution >= 0.6 is 11.3 Å². The molecular formula is C21H22N4O3S. The highest BCUT2D eigenvalue weighted by Crippen LogP contribution is 2.37. The Kier molecular flexibility index (Phi) is 5.44. The van der Waals surface area contributed by atoms with Crippen LogP contribution in [0.2, 0.25) is 0 Å². The Morgan fingerprint density at radius 2 is 2.03 bits per heavy atom. The second-order valence-corrected chi connectivity index (χ2v) is 8.19. The fraction of sp³-hybridized carbons (Fsp3) is 0.333. The monoisotopic (exact) mass is 410 g/mol. The van der Waals surface area contributed by atoms with Gasteiger partial charge in [-0.1, -0.05) is 12.5 Å². The fourth-order valence-electron chi connectivity index (χ4n) is 3.61. The molecule has 0 fully saturated rings. The Labute approximate surface area is 172 Å². The summed E-state index contributed by atoms with van der Waals surface area (Å²) in [5, 5.41) is 3.61. The van der Waals surface area contributed by atoms with Crippen LogP contribution in [0.3, 0.4) is 0 Å². The molecule has 2 heterocycles. The molecule has 4 rings (SSSR count). The summed E-state index contributed by atoms with van der Waals surface area (Å²) in [6.45, 7) is 1.35. The standard InChI is InChI=1S/C21H22N4O3S/c1-12(26)23-14-7-5-6-13(10-14)21(27)28-11-17-24-19(22)18-15-8-3-2-4-9-16(15)29-20(18)25-17/h5-7,10H,2-4,8-9,11H2,1H3,(H,23,26)(H2,22,24,25). The minimum atomic E-state index is -0.513. The van der Waals surface area contributed by atoms with Crippen LogP contribution in [-0.4, -0.2) is 21.8 Å². The lowest BCUT2D eigenvalue weighted by Gasteiger charge is -2.07. The predicted molar refractivity (Wildman–Crippen MR) is 113 cm³/mol. The minimum absolute atomic E-state index is 0.0636. The Hall–Kier alpha value is -3.00. The quantitative estimate of drug-likeness (QED) is 0.500. The largest absolute Gasteiger partial charge is 0.454 e. The van der Waals surface area contributed by atoms with Gasteiger partial charge in [0.2, 0.25) is 5.91 Å². The normalized spacial score (nSPS) is 13.6. The van der Waals surface area contributed by atoms with E-state index in [1.54, 1.807) is 35.6 Å². The first-order chi connectivity index (χ1) is 14.0. The van der Waals surface area contributed by atoms with Crippen molar-refractivity contribution in [1.82, 2.24) is 9.97 Å². The average molecular weight is 410 g/mol. The molecule has 7 nitrogen and oxygen atoms in total. The lowest BCUT2D eigenvalue weighted by atomic mass is 10.1. The molecule has 0 atom stereocenters. The highest BCUT2D eigenvalue weighted by atomic mass is 32.1. The third kappa shape index (κ3) is 4.22. The van der Waals surface area contributed by atoms with E-state index in [-0.39, 0.29) is 12.5 Å². The van der Waals surface area contributed by atoms with E-state index in [9.17, 15) is 9.59 Å². The van der Waals surface area contributed by atoms with E-state index in [1.165, 1.54) is 30.2 Å².